The topological polar surface area (TPSA) is 30.5 Å². The van der Waals surface area contributed by atoms with Gasteiger partial charge in [0.15, 0.2) is 11.5 Å². The largest absolute Gasteiger partial charge is 0.453 e. The first-order valence-corrected chi connectivity index (χ1v) is 6.34. The fourth-order valence-electron chi connectivity index (χ4n) is 2.52. The molecule has 0 aromatic heterocycles. The molecule has 3 nitrogen and oxygen atoms in total. The zero-order valence-electron chi connectivity index (χ0n) is 9.18. The number of fused-ring (bicyclic) bond motifs is 1. The molecule has 86 valence electrons. The summed E-state index contributed by atoms with van der Waals surface area (Å²) in [6.07, 6.45) is 2.35. The Kier molecular flexibility index (Phi) is 2.37. The van der Waals surface area contributed by atoms with Crippen LogP contribution in [0.15, 0.2) is 16.6 Å². The smallest absolute Gasteiger partial charge is 0.231 e. The molecule has 1 unspecified atom stereocenters. The molecule has 1 aromatic rings. The SMILES string of the molecule is CC1(c2ccc(Br)c3c2OCO3)CCCN1. The van der Waals surface area contributed by atoms with E-state index in [1.165, 1.54) is 12.0 Å². The molecule has 0 saturated carbocycles. The molecule has 1 N–H and O–H groups in total. The van der Waals surface area contributed by atoms with Crippen molar-refractivity contribution in [3.05, 3.63) is 22.2 Å². The number of rotatable bonds is 1. The van der Waals surface area contributed by atoms with Crippen molar-refractivity contribution in [2.75, 3.05) is 13.3 Å². The molecule has 1 aromatic carbocycles. The van der Waals surface area contributed by atoms with Crippen LogP contribution in [0.3, 0.4) is 0 Å². The molecule has 1 fully saturated rings. The van der Waals surface area contributed by atoms with E-state index in [-0.39, 0.29) is 5.54 Å². The fourth-order valence-corrected chi connectivity index (χ4v) is 2.95. The summed E-state index contributed by atoms with van der Waals surface area (Å²) in [5.74, 6) is 1.73. The van der Waals surface area contributed by atoms with Gasteiger partial charge in [-0.25, -0.2) is 0 Å². The molecular formula is C12H14BrNO2. The van der Waals surface area contributed by atoms with Gasteiger partial charge >= 0.3 is 0 Å². The average molecular weight is 284 g/mol. The molecule has 1 saturated heterocycles. The van der Waals surface area contributed by atoms with E-state index in [0.29, 0.717) is 6.79 Å². The van der Waals surface area contributed by atoms with E-state index >= 15 is 0 Å². The fraction of sp³-hybridized carbons (Fsp3) is 0.500. The summed E-state index contributed by atoms with van der Waals surface area (Å²) in [5.41, 5.74) is 1.24. The normalized spacial score (nSPS) is 27.4. The summed E-state index contributed by atoms with van der Waals surface area (Å²) >= 11 is 3.48. The minimum Gasteiger partial charge on any atom is -0.453 e. The van der Waals surface area contributed by atoms with E-state index in [4.69, 9.17) is 9.47 Å². The van der Waals surface area contributed by atoms with Crippen LogP contribution < -0.4 is 14.8 Å². The standard InChI is InChI=1S/C12H14BrNO2/c1-12(5-2-6-14-12)8-3-4-9(13)11-10(8)15-7-16-11/h3-4,14H,2,5-7H2,1H3. The molecule has 3 rings (SSSR count). The number of halogens is 1. The number of ether oxygens (including phenoxy) is 2. The number of hydrogen-bond acceptors (Lipinski definition) is 3. The van der Waals surface area contributed by atoms with Gasteiger partial charge in [-0.1, -0.05) is 6.07 Å². The second-order valence-corrected chi connectivity index (χ2v) is 5.38. The molecule has 2 aliphatic rings. The number of benzene rings is 1. The molecule has 0 amide bonds. The Morgan fingerprint density at radius 2 is 2.12 bits per heavy atom. The van der Waals surface area contributed by atoms with E-state index in [9.17, 15) is 0 Å². The summed E-state index contributed by atoms with van der Waals surface area (Å²) in [4.78, 5) is 0. The average Bonchev–Trinajstić information content (AvgIpc) is 2.88. The zero-order valence-corrected chi connectivity index (χ0v) is 10.8. The van der Waals surface area contributed by atoms with Gasteiger partial charge in [-0.15, -0.1) is 0 Å². The highest BCUT2D eigenvalue weighted by molar-refractivity contribution is 9.10. The maximum atomic E-state index is 5.60. The maximum Gasteiger partial charge on any atom is 0.231 e. The van der Waals surface area contributed by atoms with Gasteiger partial charge in [-0.05, 0) is 48.3 Å². The predicted octanol–water partition coefficient (Wildman–Crippen LogP) is 2.78. The van der Waals surface area contributed by atoms with Crippen molar-refractivity contribution in [2.45, 2.75) is 25.3 Å². The molecule has 0 aliphatic carbocycles. The summed E-state index contributed by atoms with van der Waals surface area (Å²) in [5, 5.41) is 3.55. The van der Waals surface area contributed by atoms with Gasteiger partial charge in [-0.2, -0.15) is 0 Å². The minimum absolute atomic E-state index is 0.0263. The van der Waals surface area contributed by atoms with Crippen LogP contribution in [-0.2, 0) is 5.54 Å². The van der Waals surface area contributed by atoms with Crippen molar-refractivity contribution >= 4 is 15.9 Å². The summed E-state index contributed by atoms with van der Waals surface area (Å²) in [6.45, 7) is 3.62. The lowest BCUT2D eigenvalue weighted by molar-refractivity contribution is 0.171. The third-order valence-corrected chi connectivity index (χ3v) is 4.06. The molecule has 2 aliphatic heterocycles. The Bertz CT molecular complexity index is 427. The highest BCUT2D eigenvalue weighted by Gasteiger charge is 2.35. The van der Waals surface area contributed by atoms with E-state index in [2.05, 4.69) is 34.2 Å². The highest BCUT2D eigenvalue weighted by atomic mass is 79.9. The summed E-state index contributed by atoms with van der Waals surface area (Å²) in [7, 11) is 0. The zero-order chi connectivity index (χ0) is 11.2. The lowest BCUT2D eigenvalue weighted by Gasteiger charge is -2.26. The highest BCUT2D eigenvalue weighted by Crippen LogP contribution is 2.47. The Hall–Kier alpha value is -0.740. The van der Waals surface area contributed by atoms with Crippen LogP contribution in [0.5, 0.6) is 11.5 Å². The van der Waals surface area contributed by atoms with E-state index in [1.807, 2.05) is 6.07 Å². The second kappa shape index (κ2) is 3.64. The molecule has 1 atom stereocenters. The molecule has 16 heavy (non-hydrogen) atoms. The molecular weight excluding hydrogens is 270 g/mol. The first-order chi connectivity index (χ1) is 7.71. The van der Waals surface area contributed by atoms with Crippen molar-refractivity contribution in [3.63, 3.8) is 0 Å². The van der Waals surface area contributed by atoms with Gasteiger partial charge in [0.05, 0.1) is 4.47 Å². The van der Waals surface area contributed by atoms with Crippen molar-refractivity contribution in [1.29, 1.82) is 0 Å². The first-order valence-electron chi connectivity index (χ1n) is 5.54. The molecule has 4 heteroatoms. The van der Waals surface area contributed by atoms with Crippen LogP contribution in [0.2, 0.25) is 0 Å². The Labute approximate surface area is 103 Å². The second-order valence-electron chi connectivity index (χ2n) is 4.52. The van der Waals surface area contributed by atoms with E-state index in [1.54, 1.807) is 0 Å². The lowest BCUT2D eigenvalue weighted by atomic mass is 9.89. The summed E-state index contributed by atoms with van der Waals surface area (Å²) in [6, 6.07) is 4.16. The van der Waals surface area contributed by atoms with Gasteiger partial charge in [0.2, 0.25) is 6.79 Å². The van der Waals surface area contributed by atoms with Crippen molar-refractivity contribution < 1.29 is 9.47 Å². The number of hydrogen-bond donors (Lipinski definition) is 1. The third kappa shape index (κ3) is 1.44. The van der Waals surface area contributed by atoms with Gasteiger partial charge < -0.3 is 14.8 Å². The third-order valence-electron chi connectivity index (χ3n) is 3.43. The van der Waals surface area contributed by atoms with Crippen molar-refractivity contribution in [2.24, 2.45) is 0 Å². The predicted molar refractivity (Wildman–Crippen MR) is 64.9 cm³/mol. The van der Waals surface area contributed by atoms with Crippen molar-refractivity contribution in [1.82, 2.24) is 5.32 Å². The Morgan fingerprint density at radius 1 is 1.31 bits per heavy atom. The van der Waals surface area contributed by atoms with Crippen LogP contribution in [0.25, 0.3) is 0 Å². The molecule has 0 radical (unpaired) electrons. The number of nitrogens with one attached hydrogen (secondary N) is 1. The minimum atomic E-state index is 0.0263. The van der Waals surface area contributed by atoms with Gasteiger partial charge in [0, 0.05) is 11.1 Å². The quantitative estimate of drug-likeness (QED) is 0.860. The van der Waals surface area contributed by atoms with Gasteiger partial charge in [0.1, 0.15) is 0 Å². The summed E-state index contributed by atoms with van der Waals surface area (Å²) < 4.78 is 12.0. The van der Waals surface area contributed by atoms with Crippen LogP contribution in [-0.4, -0.2) is 13.3 Å². The van der Waals surface area contributed by atoms with Crippen LogP contribution in [0, 0.1) is 0 Å². The van der Waals surface area contributed by atoms with Crippen LogP contribution >= 0.6 is 15.9 Å². The van der Waals surface area contributed by atoms with Gasteiger partial charge in [0.25, 0.3) is 0 Å². The first kappa shape index (κ1) is 10.4. The molecule has 0 bridgehead atoms. The van der Waals surface area contributed by atoms with Crippen LogP contribution in [0.4, 0.5) is 0 Å². The van der Waals surface area contributed by atoms with E-state index in [0.717, 1.165) is 28.9 Å². The molecule has 0 spiro atoms. The lowest BCUT2D eigenvalue weighted by Crippen LogP contribution is -2.33. The maximum absolute atomic E-state index is 5.60. The van der Waals surface area contributed by atoms with Crippen molar-refractivity contribution in [3.8, 4) is 11.5 Å². The monoisotopic (exact) mass is 283 g/mol. The Balaban J connectivity index is 2.11. The van der Waals surface area contributed by atoms with E-state index < -0.39 is 0 Å². The molecule has 2 heterocycles. The van der Waals surface area contributed by atoms with Crippen LogP contribution in [0.1, 0.15) is 25.3 Å². The Morgan fingerprint density at radius 3 is 2.88 bits per heavy atom. The van der Waals surface area contributed by atoms with Gasteiger partial charge in [-0.3, -0.25) is 0 Å².